The molecule has 0 atom stereocenters. The van der Waals surface area contributed by atoms with Gasteiger partial charge in [0.2, 0.25) is 5.91 Å². The van der Waals surface area contributed by atoms with E-state index in [1.54, 1.807) is 27.9 Å². The number of carbonyl (C=O) groups is 1. The lowest BCUT2D eigenvalue weighted by Gasteiger charge is -2.05. The van der Waals surface area contributed by atoms with Crippen molar-refractivity contribution in [1.29, 1.82) is 0 Å². The highest BCUT2D eigenvalue weighted by Crippen LogP contribution is 2.30. The molecule has 9 heteroatoms. The number of pyridine rings is 1. The van der Waals surface area contributed by atoms with E-state index < -0.39 is 0 Å². The van der Waals surface area contributed by atoms with Crippen molar-refractivity contribution in [1.82, 2.24) is 24.5 Å². The first kappa shape index (κ1) is 20.2. The smallest absolute Gasteiger partial charge is 0.247 e. The molecule has 0 aliphatic carbocycles. The molecule has 0 fully saturated rings. The van der Waals surface area contributed by atoms with Gasteiger partial charge in [-0.15, -0.1) is 0 Å². The van der Waals surface area contributed by atoms with Crippen LogP contribution in [0.4, 0.5) is 5.82 Å². The second-order valence-electron chi connectivity index (χ2n) is 7.35. The van der Waals surface area contributed by atoms with E-state index in [2.05, 4.69) is 36.4 Å². The summed E-state index contributed by atoms with van der Waals surface area (Å²) >= 11 is 3.43. The number of benzene rings is 1. The van der Waals surface area contributed by atoms with Gasteiger partial charge < -0.3 is 9.73 Å². The molecule has 160 valence electrons. The van der Waals surface area contributed by atoms with Crippen LogP contribution in [-0.2, 0) is 17.9 Å². The first-order chi connectivity index (χ1) is 15.6. The second-order valence-corrected chi connectivity index (χ2v) is 8.27. The standard InChI is InChI=1S/C23H19BrN6O2/c1-15-22-18(19-3-2-12-32-19)8-10-25-23(22)30(27-15)14-21(31)26-20-9-11-29(28-20)13-16-4-6-17(24)7-5-16/h2-12H,13-14H2,1H3,(H,26,28,31). The number of amides is 1. The fraction of sp³-hybridized carbons (Fsp3) is 0.130. The van der Waals surface area contributed by atoms with E-state index >= 15 is 0 Å². The van der Waals surface area contributed by atoms with Crippen molar-refractivity contribution >= 4 is 38.7 Å². The zero-order chi connectivity index (χ0) is 22.1. The van der Waals surface area contributed by atoms with Gasteiger partial charge >= 0.3 is 0 Å². The van der Waals surface area contributed by atoms with E-state index in [1.807, 2.05) is 55.6 Å². The number of nitrogens with one attached hydrogen (secondary N) is 1. The number of aromatic nitrogens is 5. The molecule has 1 amide bonds. The van der Waals surface area contributed by atoms with E-state index in [0.29, 0.717) is 18.0 Å². The van der Waals surface area contributed by atoms with Crippen molar-refractivity contribution in [2.24, 2.45) is 0 Å². The van der Waals surface area contributed by atoms with Gasteiger partial charge in [0.05, 0.1) is 23.9 Å². The fourth-order valence-corrected chi connectivity index (χ4v) is 3.90. The number of furan rings is 1. The number of nitrogens with zero attached hydrogens (tertiary/aromatic N) is 5. The molecule has 0 aliphatic heterocycles. The zero-order valence-electron chi connectivity index (χ0n) is 17.2. The normalized spacial score (nSPS) is 11.2. The zero-order valence-corrected chi connectivity index (χ0v) is 18.8. The third-order valence-electron chi connectivity index (χ3n) is 5.05. The summed E-state index contributed by atoms with van der Waals surface area (Å²) in [5.41, 5.74) is 3.43. The highest BCUT2D eigenvalue weighted by molar-refractivity contribution is 9.10. The Balaban J connectivity index is 1.31. The number of halogens is 1. The molecule has 0 radical (unpaired) electrons. The number of fused-ring (bicyclic) bond motifs is 1. The Bertz CT molecular complexity index is 1390. The summed E-state index contributed by atoms with van der Waals surface area (Å²) in [5, 5.41) is 12.7. The van der Waals surface area contributed by atoms with Crippen LogP contribution in [0.1, 0.15) is 11.3 Å². The van der Waals surface area contributed by atoms with Crippen molar-refractivity contribution in [2.75, 3.05) is 5.32 Å². The van der Waals surface area contributed by atoms with E-state index in [9.17, 15) is 4.79 Å². The molecule has 0 aliphatic rings. The van der Waals surface area contributed by atoms with Crippen LogP contribution >= 0.6 is 15.9 Å². The number of hydrogen-bond acceptors (Lipinski definition) is 5. The molecule has 4 aromatic heterocycles. The molecule has 5 aromatic rings. The summed E-state index contributed by atoms with van der Waals surface area (Å²) in [6.45, 7) is 2.54. The average Bonchev–Trinajstić information content (AvgIpc) is 3.52. The molecule has 4 heterocycles. The first-order valence-electron chi connectivity index (χ1n) is 10.0. The maximum Gasteiger partial charge on any atom is 0.247 e. The Morgan fingerprint density at radius 2 is 1.97 bits per heavy atom. The summed E-state index contributed by atoms with van der Waals surface area (Å²) in [7, 11) is 0. The van der Waals surface area contributed by atoms with E-state index in [4.69, 9.17) is 4.42 Å². The van der Waals surface area contributed by atoms with Gasteiger partial charge in [-0.25, -0.2) is 9.67 Å². The number of anilines is 1. The largest absolute Gasteiger partial charge is 0.464 e. The summed E-state index contributed by atoms with van der Waals surface area (Å²) < 4.78 is 9.96. The van der Waals surface area contributed by atoms with Gasteiger partial charge in [0.15, 0.2) is 11.5 Å². The molecular weight excluding hydrogens is 472 g/mol. The highest BCUT2D eigenvalue weighted by atomic mass is 79.9. The molecule has 0 saturated heterocycles. The van der Waals surface area contributed by atoms with Gasteiger partial charge in [-0.05, 0) is 42.8 Å². The molecule has 5 rings (SSSR count). The van der Waals surface area contributed by atoms with Crippen LogP contribution in [0, 0.1) is 6.92 Å². The quantitative estimate of drug-likeness (QED) is 0.374. The minimum atomic E-state index is -0.228. The van der Waals surface area contributed by atoms with Gasteiger partial charge in [0.1, 0.15) is 12.3 Å². The number of hydrogen-bond donors (Lipinski definition) is 1. The van der Waals surface area contributed by atoms with Crippen LogP contribution in [0.25, 0.3) is 22.4 Å². The highest BCUT2D eigenvalue weighted by Gasteiger charge is 2.17. The summed E-state index contributed by atoms with van der Waals surface area (Å²) in [6, 6.07) is 15.4. The van der Waals surface area contributed by atoms with Crippen LogP contribution in [0.2, 0.25) is 0 Å². The minimum absolute atomic E-state index is 0.0263. The van der Waals surface area contributed by atoms with E-state index in [0.717, 1.165) is 32.4 Å². The predicted molar refractivity (Wildman–Crippen MR) is 124 cm³/mol. The van der Waals surface area contributed by atoms with Gasteiger partial charge in [-0.3, -0.25) is 9.48 Å². The second kappa shape index (κ2) is 8.43. The Hall–Kier alpha value is -3.72. The topological polar surface area (TPSA) is 90.8 Å². The van der Waals surface area contributed by atoms with Gasteiger partial charge in [-0.2, -0.15) is 10.2 Å². The lowest BCUT2D eigenvalue weighted by Crippen LogP contribution is -2.20. The Kier molecular flexibility index (Phi) is 5.32. The molecule has 0 saturated carbocycles. The molecular formula is C23H19BrN6O2. The number of aryl methyl sites for hydroxylation is 1. The lowest BCUT2D eigenvalue weighted by molar-refractivity contribution is -0.116. The molecule has 0 unspecified atom stereocenters. The molecule has 1 N–H and O–H groups in total. The van der Waals surface area contributed by atoms with Gasteiger partial charge in [0, 0.05) is 28.5 Å². The van der Waals surface area contributed by atoms with Crippen molar-refractivity contribution < 1.29 is 9.21 Å². The van der Waals surface area contributed by atoms with E-state index in [1.165, 1.54) is 0 Å². The molecule has 0 bridgehead atoms. The van der Waals surface area contributed by atoms with Crippen LogP contribution in [0.5, 0.6) is 0 Å². The fourth-order valence-electron chi connectivity index (χ4n) is 3.64. The van der Waals surface area contributed by atoms with Crippen LogP contribution in [-0.4, -0.2) is 30.5 Å². The Morgan fingerprint density at radius 3 is 2.75 bits per heavy atom. The number of rotatable bonds is 6. The van der Waals surface area contributed by atoms with Gasteiger partial charge in [-0.1, -0.05) is 28.1 Å². The maximum atomic E-state index is 12.7. The average molecular weight is 491 g/mol. The molecule has 0 spiro atoms. The monoisotopic (exact) mass is 490 g/mol. The minimum Gasteiger partial charge on any atom is -0.464 e. The van der Waals surface area contributed by atoms with Crippen LogP contribution in [0.3, 0.4) is 0 Å². The first-order valence-corrected chi connectivity index (χ1v) is 10.8. The molecule has 1 aromatic carbocycles. The van der Waals surface area contributed by atoms with E-state index in [-0.39, 0.29) is 12.5 Å². The third-order valence-corrected chi connectivity index (χ3v) is 5.58. The predicted octanol–water partition coefficient (Wildman–Crippen LogP) is 4.65. The van der Waals surface area contributed by atoms with Crippen molar-refractivity contribution in [3.05, 3.63) is 82.9 Å². The van der Waals surface area contributed by atoms with Gasteiger partial charge in [0.25, 0.3) is 0 Å². The van der Waals surface area contributed by atoms with Crippen molar-refractivity contribution in [2.45, 2.75) is 20.0 Å². The third kappa shape index (κ3) is 4.06. The molecule has 32 heavy (non-hydrogen) atoms. The maximum absolute atomic E-state index is 12.7. The van der Waals surface area contributed by atoms with Crippen LogP contribution < -0.4 is 5.32 Å². The number of carbonyl (C=O) groups excluding carboxylic acids is 1. The van der Waals surface area contributed by atoms with Crippen molar-refractivity contribution in [3.8, 4) is 11.3 Å². The van der Waals surface area contributed by atoms with Crippen LogP contribution in [0.15, 0.2) is 76.1 Å². The summed E-state index contributed by atoms with van der Waals surface area (Å²) in [5.74, 6) is 0.999. The summed E-state index contributed by atoms with van der Waals surface area (Å²) in [4.78, 5) is 17.1. The lowest BCUT2D eigenvalue weighted by atomic mass is 10.1. The van der Waals surface area contributed by atoms with Crippen molar-refractivity contribution in [3.63, 3.8) is 0 Å². The summed E-state index contributed by atoms with van der Waals surface area (Å²) in [6.07, 6.45) is 5.16. The SMILES string of the molecule is Cc1nn(CC(=O)Nc2ccn(Cc3ccc(Br)cc3)n2)c2nccc(-c3ccco3)c12. The Labute approximate surface area is 192 Å². The molecule has 8 nitrogen and oxygen atoms in total. The Morgan fingerprint density at radius 1 is 1.12 bits per heavy atom.